The molecule has 0 radical (unpaired) electrons. The van der Waals surface area contributed by atoms with Gasteiger partial charge < -0.3 is 9.32 Å². The molecule has 1 aromatic carbocycles. The quantitative estimate of drug-likeness (QED) is 0.619. The lowest BCUT2D eigenvalue weighted by atomic mass is 10.2. The van der Waals surface area contributed by atoms with Crippen molar-refractivity contribution >= 4 is 5.91 Å². The highest BCUT2D eigenvalue weighted by atomic mass is 16.4. The Bertz CT molecular complexity index is 903. The van der Waals surface area contributed by atoms with E-state index in [1.165, 1.54) is 5.56 Å². The normalized spacial score (nSPS) is 14.8. The first-order chi connectivity index (χ1) is 14.3. The fraction of sp³-hybridized carbons (Fsp3) is 0.348. The monoisotopic (exact) mass is 390 g/mol. The van der Waals surface area contributed by atoms with Crippen LogP contribution < -0.4 is 0 Å². The van der Waals surface area contributed by atoms with Crippen molar-refractivity contribution in [2.75, 3.05) is 26.2 Å². The Morgan fingerprint density at radius 3 is 2.52 bits per heavy atom. The van der Waals surface area contributed by atoms with Gasteiger partial charge in [0, 0.05) is 63.5 Å². The van der Waals surface area contributed by atoms with Gasteiger partial charge in [-0.2, -0.15) is 0 Å². The van der Waals surface area contributed by atoms with E-state index in [-0.39, 0.29) is 5.91 Å². The van der Waals surface area contributed by atoms with Crippen LogP contribution in [0.4, 0.5) is 0 Å². The minimum atomic E-state index is 0.225. The van der Waals surface area contributed by atoms with Crippen LogP contribution in [-0.4, -0.2) is 51.9 Å². The van der Waals surface area contributed by atoms with Crippen molar-refractivity contribution in [1.29, 1.82) is 0 Å². The maximum Gasteiger partial charge on any atom is 0.222 e. The van der Waals surface area contributed by atoms with Crippen LogP contribution in [-0.2, 0) is 17.8 Å². The Kier molecular flexibility index (Phi) is 6.32. The maximum absolute atomic E-state index is 12.5. The van der Waals surface area contributed by atoms with Crippen LogP contribution in [0, 0.1) is 0 Å². The first-order valence-corrected chi connectivity index (χ1v) is 10.2. The van der Waals surface area contributed by atoms with Crippen LogP contribution in [0.15, 0.2) is 65.5 Å². The highest BCUT2D eigenvalue weighted by molar-refractivity contribution is 5.76. The Morgan fingerprint density at radius 1 is 1.00 bits per heavy atom. The van der Waals surface area contributed by atoms with Gasteiger partial charge in [-0.05, 0) is 24.1 Å². The Hall–Kier alpha value is -2.99. The van der Waals surface area contributed by atoms with Gasteiger partial charge in [0.2, 0.25) is 5.91 Å². The molecular weight excluding hydrogens is 364 g/mol. The van der Waals surface area contributed by atoms with Crippen molar-refractivity contribution in [3.8, 4) is 11.3 Å². The summed E-state index contributed by atoms with van der Waals surface area (Å²) < 4.78 is 5.82. The molecule has 1 aliphatic rings. The molecule has 2 aromatic heterocycles. The molecule has 3 heterocycles. The zero-order valence-electron chi connectivity index (χ0n) is 16.5. The molecule has 0 aliphatic carbocycles. The van der Waals surface area contributed by atoms with Crippen molar-refractivity contribution < 1.29 is 9.21 Å². The molecule has 0 N–H and O–H groups in total. The van der Waals surface area contributed by atoms with E-state index in [4.69, 9.17) is 4.42 Å². The van der Waals surface area contributed by atoms with Gasteiger partial charge >= 0.3 is 0 Å². The van der Waals surface area contributed by atoms with Gasteiger partial charge in [0.15, 0.2) is 11.7 Å². The lowest BCUT2D eigenvalue weighted by Gasteiger charge is -2.34. The van der Waals surface area contributed by atoms with Crippen molar-refractivity contribution in [1.82, 2.24) is 19.8 Å². The van der Waals surface area contributed by atoms with Gasteiger partial charge in [-0.3, -0.25) is 14.7 Å². The average Bonchev–Trinajstić information content (AvgIpc) is 3.24. The summed E-state index contributed by atoms with van der Waals surface area (Å²) in [5.41, 5.74) is 2.28. The summed E-state index contributed by atoms with van der Waals surface area (Å²) in [6.07, 6.45) is 7.38. The molecule has 0 atom stereocenters. The predicted octanol–water partition coefficient (Wildman–Crippen LogP) is 3.40. The highest BCUT2D eigenvalue weighted by Crippen LogP contribution is 2.20. The summed E-state index contributed by atoms with van der Waals surface area (Å²) >= 11 is 0. The summed E-state index contributed by atoms with van der Waals surface area (Å²) in [5.74, 6) is 1.69. The molecule has 0 bridgehead atoms. The van der Waals surface area contributed by atoms with Gasteiger partial charge in [-0.15, -0.1) is 0 Å². The number of rotatable bonds is 7. The number of pyridine rings is 1. The largest absolute Gasteiger partial charge is 0.441 e. The maximum atomic E-state index is 12.5. The van der Waals surface area contributed by atoms with Crippen LogP contribution in [0.3, 0.4) is 0 Å². The molecule has 3 aromatic rings. The number of aryl methyl sites for hydroxylation is 1. The molecule has 0 saturated carbocycles. The second-order valence-corrected chi connectivity index (χ2v) is 7.35. The topological polar surface area (TPSA) is 62.5 Å². The molecule has 6 heteroatoms. The van der Waals surface area contributed by atoms with E-state index >= 15 is 0 Å². The van der Waals surface area contributed by atoms with Crippen LogP contribution in [0.25, 0.3) is 11.3 Å². The molecule has 1 fully saturated rings. The molecule has 6 nitrogen and oxygen atoms in total. The molecular formula is C23H26N4O2. The fourth-order valence-corrected chi connectivity index (χ4v) is 3.61. The molecule has 0 unspecified atom stereocenters. The Balaban J connectivity index is 1.18. The third-order valence-electron chi connectivity index (χ3n) is 5.27. The number of nitrogens with zero attached hydrogens (tertiary/aromatic N) is 4. The van der Waals surface area contributed by atoms with Crippen molar-refractivity contribution in [3.63, 3.8) is 0 Å². The third kappa shape index (κ3) is 5.29. The molecule has 1 amide bonds. The number of hydrogen-bond acceptors (Lipinski definition) is 5. The summed E-state index contributed by atoms with van der Waals surface area (Å²) in [7, 11) is 0. The SMILES string of the molecule is O=C(CCCc1ncc(-c2ccccc2)o1)N1CCN(Cc2ccncc2)CC1. The number of hydrogen-bond donors (Lipinski definition) is 0. The minimum absolute atomic E-state index is 0.225. The second kappa shape index (κ2) is 9.47. The van der Waals surface area contributed by atoms with Crippen molar-refractivity contribution in [3.05, 3.63) is 72.5 Å². The van der Waals surface area contributed by atoms with Crippen LogP contribution in [0.5, 0.6) is 0 Å². The Morgan fingerprint density at radius 2 is 1.76 bits per heavy atom. The van der Waals surface area contributed by atoms with Crippen LogP contribution in [0.2, 0.25) is 0 Å². The Labute approximate surface area is 171 Å². The number of carbonyl (C=O) groups excluding carboxylic acids is 1. The lowest BCUT2D eigenvalue weighted by Crippen LogP contribution is -2.48. The second-order valence-electron chi connectivity index (χ2n) is 7.35. The average molecular weight is 390 g/mol. The van der Waals surface area contributed by atoms with Gasteiger partial charge in [0.1, 0.15) is 0 Å². The predicted molar refractivity (Wildman–Crippen MR) is 111 cm³/mol. The zero-order valence-corrected chi connectivity index (χ0v) is 16.5. The highest BCUT2D eigenvalue weighted by Gasteiger charge is 2.21. The lowest BCUT2D eigenvalue weighted by molar-refractivity contribution is -0.133. The van der Waals surface area contributed by atoms with E-state index in [9.17, 15) is 4.79 Å². The molecule has 29 heavy (non-hydrogen) atoms. The van der Waals surface area contributed by atoms with Crippen LogP contribution in [0.1, 0.15) is 24.3 Å². The zero-order chi connectivity index (χ0) is 19.9. The molecule has 1 saturated heterocycles. The number of aromatic nitrogens is 2. The van der Waals surface area contributed by atoms with Crippen molar-refractivity contribution in [2.24, 2.45) is 0 Å². The smallest absolute Gasteiger partial charge is 0.222 e. The summed E-state index contributed by atoms with van der Waals surface area (Å²) in [5, 5.41) is 0. The van der Waals surface area contributed by atoms with E-state index in [2.05, 4.69) is 14.9 Å². The number of benzene rings is 1. The third-order valence-corrected chi connectivity index (χ3v) is 5.27. The molecule has 150 valence electrons. The summed E-state index contributed by atoms with van der Waals surface area (Å²) in [6, 6.07) is 14.0. The van der Waals surface area contributed by atoms with E-state index < -0.39 is 0 Å². The number of oxazole rings is 1. The summed E-state index contributed by atoms with van der Waals surface area (Å²) in [4.78, 5) is 25.3. The van der Waals surface area contributed by atoms with E-state index in [0.29, 0.717) is 18.7 Å². The number of amides is 1. The van der Waals surface area contributed by atoms with E-state index in [0.717, 1.165) is 50.5 Å². The first-order valence-electron chi connectivity index (χ1n) is 10.2. The first kappa shape index (κ1) is 19.3. The van der Waals surface area contributed by atoms with Gasteiger partial charge in [0.25, 0.3) is 0 Å². The molecule has 0 spiro atoms. The summed E-state index contributed by atoms with van der Waals surface area (Å²) in [6.45, 7) is 4.32. The molecule has 4 rings (SSSR count). The van der Waals surface area contributed by atoms with Gasteiger partial charge in [-0.1, -0.05) is 30.3 Å². The van der Waals surface area contributed by atoms with E-state index in [1.807, 2.05) is 59.8 Å². The fourth-order valence-electron chi connectivity index (χ4n) is 3.61. The van der Waals surface area contributed by atoms with Gasteiger partial charge in [0.05, 0.1) is 6.20 Å². The van der Waals surface area contributed by atoms with Crippen molar-refractivity contribution in [2.45, 2.75) is 25.8 Å². The number of piperazine rings is 1. The standard InChI is InChI=1S/C23H26N4O2/c28-23(27-15-13-26(14-16-27)18-19-9-11-24-12-10-19)8-4-7-22-25-17-21(29-22)20-5-2-1-3-6-20/h1-3,5-6,9-12,17H,4,7-8,13-16,18H2. The minimum Gasteiger partial charge on any atom is -0.441 e. The molecule has 1 aliphatic heterocycles. The van der Waals surface area contributed by atoms with Gasteiger partial charge in [-0.25, -0.2) is 4.98 Å². The van der Waals surface area contributed by atoms with E-state index in [1.54, 1.807) is 6.20 Å². The number of carbonyl (C=O) groups is 1. The van der Waals surface area contributed by atoms with Crippen LogP contribution >= 0.6 is 0 Å².